The van der Waals surface area contributed by atoms with E-state index in [0.717, 1.165) is 36.0 Å². The number of rotatable bonds is 0. The van der Waals surface area contributed by atoms with Crippen LogP contribution in [0.3, 0.4) is 0 Å². The summed E-state index contributed by atoms with van der Waals surface area (Å²) in [5.41, 5.74) is 1.60. The van der Waals surface area contributed by atoms with Gasteiger partial charge in [0.05, 0.1) is 0 Å². The number of hydrogen-bond donors (Lipinski definition) is 2. The van der Waals surface area contributed by atoms with Gasteiger partial charge < -0.3 is 14.9 Å². The van der Waals surface area contributed by atoms with E-state index < -0.39 is 11.6 Å². The molecule has 0 saturated heterocycles. The SMILES string of the molecule is Cc1c2c(c(O)c3c1C(C)(O)C(=O)O3)CCCC2C. The van der Waals surface area contributed by atoms with Gasteiger partial charge in [-0.1, -0.05) is 6.92 Å². The number of esters is 1. The van der Waals surface area contributed by atoms with E-state index in [-0.39, 0.29) is 11.5 Å². The van der Waals surface area contributed by atoms with Gasteiger partial charge >= 0.3 is 5.97 Å². The maximum absolute atomic E-state index is 11.8. The second-order valence-corrected chi connectivity index (χ2v) is 5.82. The Labute approximate surface area is 112 Å². The lowest BCUT2D eigenvalue weighted by Crippen LogP contribution is -2.30. The van der Waals surface area contributed by atoms with Crippen LogP contribution in [0.5, 0.6) is 11.5 Å². The molecule has 1 aliphatic carbocycles. The van der Waals surface area contributed by atoms with Crippen LogP contribution in [-0.4, -0.2) is 16.2 Å². The van der Waals surface area contributed by atoms with Crippen molar-refractivity contribution < 1.29 is 19.7 Å². The summed E-state index contributed by atoms with van der Waals surface area (Å²) in [5, 5.41) is 20.7. The average Bonchev–Trinajstić information content (AvgIpc) is 2.58. The monoisotopic (exact) mass is 262 g/mol. The molecule has 1 aromatic rings. The molecule has 19 heavy (non-hydrogen) atoms. The Kier molecular flexibility index (Phi) is 2.45. The zero-order chi connectivity index (χ0) is 13.9. The zero-order valence-electron chi connectivity index (χ0n) is 11.4. The number of benzene rings is 1. The van der Waals surface area contributed by atoms with Crippen LogP contribution in [0.15, 0.2) is 0 Å². The molecule has 0 radical (unpaired) electrons. The van der Waals surface area contributed by atoms with Crippen molar-refractivity contribution in [1.29, 1.82) is 0 Å². The minimum atomic E-state index is -1.66. The second-order valence-electron chi connectivity index (χ2n) is 5.82. The summed E-state index contributed by atoms with van der Waals surface area (Å²) < 4.78 is 5.10. The molecule has 1 heterocycles. The van der Waals surface area contributed by atoms with Crippen LogP contribution >= 0.6 is 0 Å². The number of phenolic OH excluding ortho intramolecular Hbond substituents is 1. The molecule has 2 aliphatic rings. The lowest BCUT2D eigenvalue weighted by molar-refractivity contribution is -0.150. The number of fused-ring (bicyclic) bond motifs is 2. The van der Waals surface area contributed by atoms with Crippen LogP contribution in [0.25, 0.3) is 0 Å². The number of carbonyl (C=O) groups excluding carboxylic acids is 1. The highest BCUT2D eigenvalue weighted by atomic mass is 16.6. The Hall–Kier alpha value is -1.55. The van der Waals surface area contributed by atoms with Crippen molar-refractivity contribution >= 4 is 5.97 Å². The second kappa shape index (κ2) is 3.73. The normalized spacial score (nSPS) is 28.8. The van der Waals surface area contributed by atoms with E-state index in [1.807, 2.05) is 6.92 Å². The van der Waals surface area contributed by atoms with Gasteiger partial charge in [-0.3, -0.25) is 0 Å². The van der Waals surface area contributed by atoms with Crippen LogP contribution in [0.2, 0.25) is 0 Å². The Morgan fingerprint density at radius 1 is 1.42 bits per heavy atom. The van der Waals surface area contributed by atoms with Gasteiger partial charge in [-0.2, -0.15) is 0 Å². The fourth-order valence-corrected chi connectivity index (χ4v) is 3.54. The van der Waals surface area contributed by atoms with Gasteiger partial charge in [0.2, 0.25) is 0 Å². The summed E-state index contributed by atoms with van der Waals surface area (Å²) in [6.07, 6.45) is 2.87. The first-order valence-corrected chi connectivity index (χ1v) is 6.69. The van der Waals surface area contributed by atoms with Gasteiger partial charge in [0, 0.05) is 11.1 Å². The van der Waals surface area contributed by atoms with Crippen LogP contribution in [0.4, 0.5) is 0 Å². The predicted molar refractivity (Wildman–Crippen MR) is 69.4 cm³/mol. The Morgan fingerprint density at radius 2 is 2.11 bits per heavy atom. The maximum atomic E-state index is 11.8. The molecule has 4 heteroatoms. The highest BCUT2D eigenvalue weighted by molar-refractivity contribution is 5.91. The summed E-state index contributed by atoms with van der Waals surface area (Å²) >= 11 is 0. The van der Waals surface area contributed by atoms with Crippen molar-refractivity contribution in [2.75, 3.05) is 0 Å². The van der Waals surface area contributed by atoms with Crippen molar-refractivity contribution in [3.63, 3.8) is 0 Å². The molecule has 0 fully saturated rings. The highest BCUT2D eigenvalue weighted by Crippen LogP contribution is 2.52. The number of aliphatic hydroxyl groups is 1. The third-order valence-corrected chi connectivity index (χ3v) is 4.47. The Morgan fingerprint density at radius 3 is 2.79 bits per heavy atom. The summed E-state index contributed by atoms with van der Waals surface area (Å²) in [5.74, 6) is -0.198. The third-order valence-electron chi connectivity index (χ3n) is 4.47. The molecule has 1 aliphatic heterocycles. The molecule has 0 spiro atoms. The molecule has 0 amide bonds. The lowest BCUT2D eigenvalue weighted by Gasteiger charge is -2.28. The summed E-state index contributed by atoms with van der Waals surface area (Å²) in [4.78, 5) is 11.8. The van der Waals surface area contributed by atoms with Gasteiger partial charge in [-0.05, 0) is 50.2 Å². The Balaban J connectivity index is 2.36. The maximum Gasteiger partial charge on any atom is 0.348 e. The summed E-state index contributed by atoms with van der Waals surface area (Å²) in [6, 6.07) is 0. The summed E-state index contributed by atoms with van der Waals surface area (Å²) in [6.45, 7) is 5.44. The quantitative estimate of drug-likeness (QED) is 0.556. The number of ether oxygens (including phenoxy) is 1. The minimum absolute atomic E-state index is 0.0354. The molecule has 102 valence electrons. The number of phenols is 1. The molecule has 0 bridgehead atoms. The van der Waals surface area contributed by atoms with E-state index in [9.17, 15) is 15.0 Å². The standard InChI is InChI=1S/C15H18O4/c1-7-5-4-6-9-10(7)8(2)11-13(12(9)16)19-14(17)15(11,3)18/h7,16,18H,4-6H2,1-3H3. The van der Waals surface area contributed by atoms with E-state index in [1.165, 1.54) is 6.92 Å². The minimum Gasteiger partial charge on any atom is -0.504 e. The first-order chi connectivity index (χ1) is 8.85. The Bertz CT molecular complexity index is 587. The van der Waals surface area contributed by atoms with Crippen LogP contribution in [0.1, 0.15) is 54.9 Å². The van der Waals surface area contributed by atoms with Gasteiger partial charge in [-0.15, -0.1) is 0 Å². The van der Waals surface area contributed by atoms with Gasteiger partial charge in [0.25, 0.3) is 0 Å². The highest BCUT2D eigenvalue weighted by Gasteiger charge is 2.48. The van der Waals surface area contributed by atoms with E-state index in [1.54, 1.807) is 0 Å². The molecule has 2 unspecified atom stereocenters. The van der Waals surface area contributed by atoms with Gasteiger partial charge in [-0.25, -0.2) is 4.79 Å². The number of carbonyl (C=O) groups is 1. The third kappa shape index (κ3) is 1.46. The molecule has 2 atom stereocenters. The van der Waals surface area contributed by atoms with Crippen molar-refractivity contribution in [2.45, 2.75) is 51.6 Å². The topological polar surface area (TPSA) is 66.8 Å². The molecular weight excluding hydrogens is 244 g/mol. The molecule has 2 N–H and O–H groups in total. The molecule has 4 nitrogen and oxygen atoms in total. The van der Waals surface area contributed by atoms with Crippen molar-refractivity contribution in [3.8, 4) is 11.5 Å². The van der Waals surface area contributed by atoms with Gasteiger partial charge in [0.1, 0.15) is 0 Å². The predicted octanol–water partition coefficient (Wildman–Crippen LogP) is 2.27. The lowest BCUT2D eigenvalue weighted by atomic mass is 9.77. The van der Waals surface area contributed by atoms with Crippen LogP contribution < -0.4 is 4.74 Å². The van der Waals surface area contributed by atoms with Gasteiger partial charge in [0.15, 0.2) is 17.1 Å². The molecule has 1 aromatic carbocycles. The fraction of sp³-hybridized carbons (Fsp3) is 0.533. The molecule has 3 rings (SSSR count). The van der Waals surface area contributed by atoms with E-state index in [4.69, 9.17) is 4.74 Å². The average molecular weight is 262 g/mol. The summed E-state index contributed by atoms with van der Waals surface area (Å²) in [7, 11) is 0. The van der Waals surface area contributed by atoms with E-state index in [0.29, 0.717) is 11.5 Å². The largest absolute Gasteiger partial charge is 0.504 e. The zero-order valence-corrected chi connectivity index (χ0v) is 11.4. The smallest absolute Gasteiger partial charge is 0.348 e. The van der Waals surface area contributed by atoms with E-state index >= 15 is 0 Å². The fourth-order valence-electron chi connectivity index (χ4n) is 3.54. The first kappa shape index (κ1) is 12.5. The molecular formula is C15H18O4. The number of aromatic hydroxyl groups is 1. The van der Waals surface area contributed by atoms with Crippen molar-refractivity contribution in [2.24, 2.45) is 0 Å². The van der Waals surface area contributed by atoms with Crippen LogP contribution in [0, 0.1) is 6.92 Å². The first-order valence-electron chi connectivity index (χ1n) is 6.69. The van der Waals surface area contributed by atoms with Crippen molar-refractivity contribution in [1.82, 2.24) is 0 Å². The molecule has 0 saturated carbocycles. The van der Waals surface area contributed by atoms with Crippen LogP contribution in [-0.2, 0) is 16.8 Å². The molecule has 0 aromatic heterocycles. The van der Waals surface area contributed by atoms with E-state index in [2.05, 4.69) is 6.92 Å². The van der Waals surface area contributed by atoms with Crippen molar-refractivity contribution in [3.05, 3.63) is 22.3 Å². The number of hydrogen-bond acceptors (Lipinski definition) is 4.